The Hall–Kier alpha value is -10.9. The van der Waals surface area contributed by atoms with Crippen LogP contribution >= 0.6 is 69.6 Å². The van der Waals surface area contributed by atoms with E-state index in [9.17, 15) is 37.5 Å². The summed E-state index contributed by atoms with van der Waals surface area (Å²) in [5.74, 6) is -5.35. The van der Waals surface area contributed by atoms with Crippen LogP contribution in [0.5, 0.6) is 17.2 Å². The van der Waals surface area contributed by atoms with Gasteiger partial charge in [-0.25, -0.2) is 13.2 Å². The van der Waals surface area contributed by atoms with Gasteiger partial charge in [0.05, 0.1) is 71.8 Å². The SMILES string of the molecule is COc1cc(Cl)cc(C(=O)Nc2ccc(Cl)cc2)c1NC(=O)c1ccc(C(=N)N2CCC2)cc1F.COc1cc(Cl)cc(C(=O)Nc2ccc(Cl)cc2)c1NC(=O)c1ccc(C(=N)N2CCCC2)cc1F.COc1cc(Cl)cc(C(=O)Nc2ccc(Cl)cc2)c1NC(=O)c1ccc(C(=N)N2CCCCC2)cc1F. The van der Waals surface area contributed by atoms with Crippen molar-refractivity contribution in [2.75, 3.05) is 92.5 Å². The molecule has 6 amide bonds. The van der Waals surface area contributed by atoms with Crippen molar-refractivity contribution in [2.45, 2.75) is 38.5 Å². The number of amidine groups is 3. The van der Waals surface area contributed by atoms with Crippen molar-refractivity contribution in [2.24, 2.45) is 0 Å². The van der Waals surface area contributed by atoms with Gasteiger partial charge >= 0.3 is 0 Å². The second-order valence-electron chi connectivity index (χ2n) is 24.5. The van der Waals surface area contributed by atoms with Gasteiger partial charge in [-0.1, -0.05) is 87.8 Å². The van der Waals surface area contributed by atoms with Gasteiger partial charge in [-0.3, -0.25) is 45.0 Å². The fraction of sp³-hybridized carbons (Fsp3) is 0.192. The first-order valence-electron chi connectivity index (χ1n) is 33.5. The molecule has 0 spiro atoms. The monoisotopic (exact) mass is 1580 g/mol. The van der Waals surface area contributed by atoms with Crippen LogP contribution in [0.15, 0.2) is 164 Å². The van der Waals surface area contributed by atoms with Crippen LogP contribution in [0.2, 0.25) is 30.1 Å². The van der Waals surface area contributed by atoms with Gasteiger partial charge in [0.25, 0.3) is 35.4 Å². The Bertz CT molecular complexity index is 4950. The molecular weight excluding hydrogens is 1520 g/mol. The van der Waals surface area contributed by atoms with Crippen molar-refractivity contribution in [3.63, 3.8) is 0 Å². The summed E-state index contributed by atoms with van der Waals surface area (Å²) in [5.41, 5.74) is 2.03. The van der Waals surface area contributed by atoms with Crippen molar-refractivity contribution >= 4 is 157 Å². The van der Waals surface area contributed by atoms with E-state index in [4.69, 9.17) is 100 Å². The molecule has 0 bridgehead atoms. The molecule has 0 aromatic heterocycles. The summed E-state index contributed by atoms with van der Waals surface area (Å²) in [5, 5.41) is 42.9. The van der Waals surface area contributed by atoms with Crippen LogP contribution in [0.1, 0.15) is 117 Å². The molecule has 9 N–H and O–H groups in total. The lowest BCUT2D eigenvalue weighted by atomic mass is 10.1. The lowest BCUT2D eigenvalue weighted by molar-refractivity contribution is 0.100. The maximum absolute atomic E-state index is 15.0. The zero-order valence-corrected chi connectivity index (χ0v) is 62.5. The largest absolute Gasteiger partial charge is 0.494 e. The minimum absolute atomic E-state index is 0.0224. The van der Waals surface area contributed by atoms with E-state index in [2.05, 4.69) is 31.9 Å². The molecule has 3 fully saturated rings. The maximum atomic E-state index is 15.0. The Kier molecular flexibility index (Phi) is 27.0. The zero-order valence-electron chi connectivity index (χ0n) is 58.0. The minimum Gasteiger partial charge on any atom is -0.494 e. The van der Waals surface area contributed by atoms with Crippen LogP contribution in [0.4, 0.5) is 47.3 Å². The molecule has 21 nitrogen and oxygen atoms in total. The molecule has 0 atom stereocenters. The predicted molar refractivity (Wildman–Crippen MR) is 418 cm³/mol. The second-order valence-corrected chi connectivity index (χ2v) is 27.2. The van der Waals surface area contributed by atoms with Crippen molar-refractivity contribution in [3.8, 4) is 17.2 Å². The number of carbonyl (C=O) groups excluding carboxylic acids is 6. The van der Waals surface area contributed by atoms with Gasteiger partial charge in [-0.05, 0) is 166 Å². The minimum atomic E-state index is -0.787. The van der Waals surface area contributed by atoms with Crippen LogP contribution in [-0.2, 0) is 0 Å². The summed E-state index contributed by atoms with van der Waals surface area (Å²) < 4.78 is 60.9. The van der Waals surface area contributed by atoms with Crippen molar-refractivity contribution in [1.29, 1.82) is 16.2 Å². The highest BCUT2D eigenvalue weighted by Crippen LogP contribution is 2.38. The molecule has 9 aromatic rings. The molecule has 12 rings (SSSR count). The number of amides is 6. The van der Waals surface area contributed by atoms with Crippen LogP contribution < -0.4 is 46.1 Å². The first-order chi connectivity index (χ1) is 51.8. The number of hydrogen-bond acceptors (Lipinski definition) is 12. The molecule has 108 heavy (non-hydrogen) atoms. The van der Waals surface area contributed by atoms with E-state index in [1.165, 1.54) is 100 Å². The van der Waals surface area contributed by atoms with E-state index in [1.54, 1.807) is 78.9 Å². The molecule has 558 valence electrons. The summed E-state index contributed by atoms with van der Waals surface area (Å²) in [4.78, 5) is 83.9. The molecule has 0 unspecified atom stereocenters. The molecule has 0 saturated carbocycles. The highest BCUT2D eigenvalue weighted by atomic mass is 35.5. The normalized spacial score (nSPS) is 12.8. The number of benzene rings is 9. The molecule has 3 heterocycles. The van der Waals surface area contributed by atoms with Gasteiger partial charge in [-0.15, -0.1) is 0 Å². The first-order valence-corrected chi connectivity index (χ1v) is 35.7. The zero-order chi connectivity index (χ0) is 77.5. The molecule has 0 aliphatic carbocycles. The second kappa shape index (κ2) is 36.6. The van der Waals surface area contributed by atoms with E-state index in [-0.39, 0.29) is 100 Å². The van der Waals surface area contributed by atoms with E-state index >= 15 is 4.39 Å². The van der Waals surface area contributed by atoms with E-state index in [1.807, 2.05) is 14.7 Å². The molecular formula is C78H69Cl6F3N12O9. The summed E-state index contributed by atoms with van der Waals surface area (Å²) in [6, 6.07) is 39.9. The number of nitrogens with one attached hydrogen (secondary N) is 9. The Morgan fingerprint density at radius 3 is 0.778 bits per heavy atom. The Labute approximate surface area is 649 Å². The Morgan fingerprint density at radius 2 is 0.546 bits per heavy atom. The molecule has 3 aliphatic rings. The van der Waals surface area contributed by atoms with Gasteiger partial charge < -0.3 is 60.8 Å². The number of rotatable bonds is 18. The van der Waals surface area contributed by atoms with Gasteiger partial charge in [0.2, 0.25) is 0 Å². The average molecular weight is 1590 g/mol. The summed E-state index contributed by atoms with van der Waals surface area (Å²) >= 11 is 36.2. The van der Waals surface area contributed by atoms with Gasteiger partial charge in [0.1, 0.15) is 52.2 Å². The van der Waals surface area contributed by atoms with Gasteiger partial charge in [0.15, 0.2) is 0 Å². The molecule has 3 saturated heterocycles. The van der Waals surface area contributed by atoms with E-state index < -0.39 is 52.9 Å². The Morgan fingerprint density at radius 1 is 0.306 bits per heavy atom. The quantitative estimate of drug-likeness (QED) is 0.0286. The van der Waals surface area contributed by atoms with Crippen LogP contribution in [-0.4, -0.2) is 128 Å². The van der Waals surface area contributed by atoms with Crippen molar-refractivity contribution < 1.29 is 56.1 Å². The van der Waals surface area contributed by atoms with E-state index in [0.29, 0.717) is 48.8 Å². The third-order valence-electron chi connectivity index (χ3n) is 17.3. The average Bonchev–Trinajstić information content (AvgIpc) is 0.992. The predicted octanol–water partition coefficient (Wildman–Crippen LogP) is 18.2. The fourth-order valence-corrected chi connectivity index (χ4v) is 12.6. The molecule has 0 radical (unpaired) electrons. The third-order valence-corrected chi connectivity index (χ3v) is 18.8. The van der Waals surface area contributed by atoms with E-state index in [0.717, 1.165) is 83.9 Å². The van der Waals surface area contributed by atoms with Crippen molar-refractivity contribution in [3.05, 3.63) is 261 Å². The number of hydrogen-bond donors (Lipinski definition) is 9. The number of anilines is 6. The van der Waals surface area contributed by atoms with Gasteiger partial charge in [-0.2, -0.15) is 0 Å². The van der Waals surface area contributed by atoms with Gasteiger partial charge in [0, 0.05) is 121 Å². The molecule has 30 heteroatoms. The standard InChI is InChI=1S/C27H25Cl2FN4O3.C26H23Cl2FN4O3.C25H21Cl2FN4O3/c1-37-23-15-18(29)14-21(27(36)32-19-8-6-17(28)7-9-19)24(23)33-26(35)20-10-5-16(13-22(20)30)25(31)34-11-3-2-4-12-34;1-36-22-14-17(28)13-20(26(35)31-18-7-5-16(27)6-8-18)23(22)32-25(34)19-9-4-15(12-21(19)29)24(30)33-10-2-3-11-33;1-35-21-13-16(27)12-19(25(34)30-17-6-4-15(26)5-7-17)22(21)31-24(33)18-8-3-14(11-20(18)28)23(29)32-9-2-10-32/h5-10,13-15,31H,2-4,11-12H2,1H3,(H,32,36)(H,33,35);4-9,12-14,30H,2-3,10-11H2,1H3,(H,31,35)(H,32,34);3-8,11-13,29H,2,9-10H2,1H3,(H,30,34)(H,31,33). The number of ether oxygens (including phenoxy) is 3. The highest BCUT2D eigenvalue weighted by Gasteiger charge is 2.29. The summed E-state index contributed by atoms with van der Waals surface area (Å²) in [6.07, 6.45) is 6.06. The molecule has 3 aliphatic heterocycles. The molecule has 9 aromatic carbocycles. The maximum Gasteiger partial charge on any atom is 0.258 e. The third kappa shape index (κ3) is 20.0. The fourth-order valence-electron chi connectivity index (χ4n) is 11.6. The lowest BCUT2D eigenvalue weighted by Gasteiger charge is -2.33. The number of carbonyl (C=O) groups is 6. The summed E-state index contributed by atoms with van der Waals surface area (Å²) in [6.45, 7) is 4.50. The lowest BCUT2D eigenvalue weighted by Crippen LogP contribution is -2.42. The highest BCUT2D eigenvalue weighted by molar-refractivity contribution is 6.34. The number of methoxy groups -OCH3 is 3. The smallest absolute Gasteiger partial charge is 0.258 e. The van der Waals surface area contributed by atoms with Crippen LogP contribution in [0.3, 0.4) is 0 Å². The van der Waals surface area contributed by atoms with Crippen LogP contribution in [0.25, 0.3) is 0 Å². The number of halogens is 9. The number of likely N-dealkylation sites (tertiary alicyclic amines) is 3. The number of nitrogens with zero attached hydrogens (tertiary/aromatic N) is 3. The first kappa shape index (κ1) is 79.7. The number of piperidine rings is 1. The summed E-state index contributed by atoms with van der Waals surface area (Å²) in [7, 11) is 4.09. The Balaban J connectivity index is 0.000000173. The van der Waals surface area contributed by atoms with Crippen molar-refractivity contribution in [1.82, 2.24) is 14.7 Å². The topological polar surface area (TPSA) is 284 Å². The van der Waals surface area contributed by atoms with Crippen LogP contribution in [0, 0.1) is 33.7 Å².